The van der Waals surface area contributed by atoms with Crippen molar-refractivity contribution in [2.45, 2.75) is 38.0 Å². The third-order valence-electron chi connectivity index (χ3n) is 2.83. The lowest BCUT2D eigenvalue weighted by Gasteiger charge is -2.31. The van der Waals surface area contributed by atoms with Gasteiger partial charge in [-0.1, -0.05) is 0 Å². The number of nitrogens with one attached hydrogen (secondary N) is 1. The van der Waals surface area contributed by atoms with Crippen LogP contribution in [-0.4, -0.2) is 48.1 Å². The first-order valence-corrected chi connectivity index (χ1v) is 6.77. The van der Waals surface area contributed by atoms with Gasteiger partial charge in [-0.3, -0.25) is 0 Å². The maximum atomic E-state index is 3.53. The minimum absolute atomic E-state index is 0.393. The lowest BCUT2D eigenvalue weighted by Crippen LogP contribution is -2.41. The molecule has 0 aromatic rings. The Bertz CT molecular complexity index is 171. The first kappa shape index (κ1) is 12.3. The molecule has 1 unspecified atom stereocenters. The van der Waals surface area contributed by atoms with E-state index in [1.54, 1.807) is 0 Å². The first-order valence-electron chi connectivity index (χ1n) is 5.54. The lowest BCUT2D eigenvalue weighted by molar-refractivity contribution is 0.255. The van der Waals surface area contributed by atoms with Crippen molar-refractivity contribution in [1.82, 2.24) is 10.2 Å². The highest BCUT2D eigenvalue weighted by Crippen LogP contribution is 2.22. The summed E-state index contributed by atoms with van der Waals surface area (Å²) in [5.74, 6) is 0. The van der Waals surface area contributed by atoms with Crippen LogP contribution in [0.25, 0.3) is 0 Å². The van der Waals surface area contributed by atoms with Gasteiger partial charge in [0.15, 0.2) is 0 Å². The van der Waals surface area contributed by atoms with Crippen LogP contribution in [0.15, 0.2) is 0 Å². The molecule has 1 rings (SSSR count). The molecular formula is C11H24N2S. The molecule has 3 heteroatoms. The van der Waals surface area contributed by atoms with Crippen molar-refractivity contribution in [1.29, 1.82) is 0 Å². The van der Waals surface area contributed by atoms with E-state index in [-0.39, 0.29) is 0 Å². The van der Waals surface area contributed by atoms with E-state index < -0.39 is 0 Å². The normalized spacial score (nSPS) is 26.1. The van der Waals surface area contributed by atoms with E-state index in [1.165, 1.54) is 32.6 Å². The second kappa shape index (κ2) is 5.38. The Kier molecular flexibility index (Phi) is 4.74. The molecule has 0 aliphatic carbocycles. The summed E-state index contributed by atoms with van der Waals surface area (Å²) in [4.78, 5) is 2.60. The fraction of sp³-hybridized carbons (Fsp3) is 1.00. The van der Waals surface area contributed by atoms with E-state index in [1.807, 2.05) is 11.8 Å². The zero-order valence-electron chi connectivity index (χ0n) is 9.97. The monoisotopic (exact) mass is 216 g/mol. The van der Waals surface area contributed by atoms with Crippen molar-refractivity contribution >= 4 is 11.8 Å². The van der Waals surface area contributed by atoms with Gasteiger partial charge in [0, 0.05) is 23.9 Å². The van der Waals surface area contributed by atoms with Crippen molar-refractivity contribution < 1.29 is 0 Å². The summed E-state index contributed by atoms with van der Waals surface area (Å²) in [7, 11) is 0. The van der Waals surface area contributed by atoms with Gasteiger partial charge in [0.1, 0.15) is 0 Å². The van der Waals surface area contributed by atoms with Gasteiger partial charge in [-0.2, -0.15) is 11.8 Å². The van der Waals surface area contributed by atoms with E-state index in [4.69, 9.17) is 0 Å². The SMILES string of the molecule is CSC(C)(C)CN1CCCNC(C)C1. The summed E-state index contributed by atoms with van der Waals surface area (Å²) < 4.78 is 0.393. The summed E-state index contributed by atoms with van der Waals surface area (Å²) in [6.45, 7) is 11.8. The second-order valence-corrected chi connectivity index (χ2v) is 6.42. The Morgan fingerprint density at radius 2 is 2.21 bits per heavy atom. The number of thioether (sulfide) groups is 1. The van der Waals surface area contributed by atoms with E-state index in [2.05, 4.69) is 37.2 Å². The van der Waals surface area contributed by atoms with E-state index in [9.17, 15) is 0 Å². The second-order valence-electron chi connectivity index (χ2n) is 4.91. The van der Waals surface area contributed by atoms with Gasteiger partial charge in [-0.25, -0.2) is 0 Å². The Morgan fingerprint density at radius 3 is 2.86 bits per heavy atom. The first-order chi connectivity index (χ1) is 6.53. The molecule has 0 bridgehead atoms. The van der Waals surface area contributed by atoms with Crippen molar-refractivity contribution in [3.8, 4) is 0 Å². The maximum Gasteiger partial charge on any atom is 0.0227 e. The summed E-state index contributed by atoms with van der Waals surface area (Å²) in [6.07, 6.45) is 3.49. The van der Waals surface area contributed by atoms with E-state index >= 15 is 0 Å². The average Bonchev–Trinajstić information content (AvgIpc) is 2.29. The van der Waals surface area contributed by atoms with Gasteiger partial charge in [-0.05, 0) is 46.5 Å². The van der Waals surface area contributed by atoms with Gasteiger partial charge in [0.2, 0.25) is 0 Å². The van der Waals surface area contributed by atoms with E-state index in [0.29, 0.717) is 10.8 Å². The molecule has 1 saturated heterocycles. The van der Waals surface area contributed by atoms with Gasteiger partial charge in [-0.15, -0.1) is 0 Å². The Hall–Kier alpha value is 0.270. The summed E-state index contributed by atoms with van der Waals surface area (Å²) in [5, 5.41) is 3.53. The Morgan fingerprint density at radius 1 is 1.50 bits per heavy atom. The number of nitrogens with zero attached hydrogens (tertiary/aromatic N) is 1. The van der Waals surface area contributed by atoms with E-state index in [0.717, 1.165) is 0 Å². The van der Waals surface area contributed by atoms with Crippen LogP contribution < -0.4 is 5.32 Å². The largest absolute Gasteiger partial charge is 0.313 e. The third-order valence-corrected chi connectivity index (χ3v) is 4.07. The highest BCUT2D eigenvalue weighted by molar-refractivity contribution is 7.99. The molecule has 0 spiro atoms. The molecule has 84 valence electrons. The molecule has 14 heavy (non-hydrogen) atoms. The molecule has 1 N–H and O–H groups in total. The zero-order valence-corrected chi connectivity index (χ0v) is 10.8. The van der Waals surface area contributed by atoms with Gasteiger partial charge < -0.3 is 10.2 Å². The molecular weight excluding hydrogens is 192 g/mol. The van der Waals surface area contributed by atoms with Gasteiger partial charge in [0.05, 0.1) is 0 Å². The van der Waals surface area contributed by atoms with Crippen LogP contribution >= 0.6 is 11.8 Å². The highest BCUT2D eigenvalue weighted by atomic mass is 32.2. The van der Waals surface area contributed by atoms with Crippen LogP contribution in [0, 0.1) is 0 Å². The number of hydrogen-bond donors (Lipinski definition) is 1. The van der Waals surface area contributed by atoms with Gasteiger partial charge >= 0.3 is 0 Å². The smallest absolute Gasteiger partial charge is 0.0227 e. The van der Waals surface area contributed by atoms with Crippen molar-refractivity contribution in [3.05, 3.63) is 0 Å². The highest BCUT2D eigenvalue weighted by Gasteiger charge is 2.22. The molecule has 1 fully saturated rings. The zero-order chi connectivity index (χ0) is 10.6. The molecule has 1 aliphatic heterocycles. The lowest BCUT2D eigenvalue weighted by atomic mass is 10.2. The summed E-state index contributed by atoms with van der Waals surface area (Å²) >= 11 is 1.97. The van der Waals surface area contributed by atoms with Crippen LogP contribution in [0.5, 0.6) is 0 Å². The maximum absolute atomic E-state index is 3.53. The van der Waals surface area contributed by atoms with Crippen molar-refractivity contribution in [2.24, 2.45) is 0 Å². The van der Waals surface area contributed by atoms with Crippen LogP contribution in [0.2, 0.25) is 0 Å². The number of rotatable bonds is 3. The number of hydrogen-bond acceptors (Lipinski definition) is 3. The predicted octanol–water partition coefficient (Wildman–Crippen LogP) is 1.81. The molecule has 1 aliphatic rings. The van der Waals surface area contributed by atoms with Crippen LogP contribution in [0.4, 0.5) is 0 Å². The molecule has 2 nitrogen and oxygen atoms in total. The minimum atomic E-state index is 0.393. The summed E-state index contributed by atoms with van der Waals surface area (Å²) in [6, 6.07) is 0.648. The van der Waals surface area contributed by atoms with Crippen LogP contribution in [-0.2, 0) is 0 Å². The molecule has 1 heterocycles. The van der Waals surface area contributed by atoms with Crippen LogP contribution in [0.1, 0.15) is 27.2 Å². The molecule has 0 saturated carbocycles. The fourth-order valence-corrected chi connectivity index (χ4v) is 2.25. The van der Waals surface area contributed by atoms with Gasteiger partial charge in [0.25, 0.3) is 0 Å². The van der Waals surface area contributed by atoms with Crippen molar-refractivity contribution in [3.63, 3.8) is 0 Å². The van der Waals surface area contributed by atoms with Crippen LogP contribution in [0.3, 0.4) is 0 Å². The summed E-state index contributed by atoms with van der Waals surface area (Å²) in [5.41, 5.74) is 0. The topological polar surface area (TPSA) is 15.3 Å². The molecule has 0 radical (unpaired) electrons. The minimum Gasteiger partial charge on any atom is -0.313 e. The fourth-order valence-electron chi connectivity index (χ4n) is 1.94. The molecule has 1 atom stereocenters. The standard InChI is InChI=1S/C11H24N2S/c1-10-8-13(7-5-6-12-10)9-11(2,3)14-4/h10,12H,5-9H2,1-4H3. The Labute approximate surface area is 92.8 Å². The molecule has 0 aromatic heterocycles. The quantitative estimate of drug-likeness (QED) is 0.774. The van der Waals surface area contributed by atoms with Crippen molar-refractivity contribution in [2.75, 3.05) is 32.4 Å². The molecule has 0 amide bonds. The molecule has 0 aromatic carbocycles. The third kappa shape index (κ3) is 4.20. The Balaban J connectivity index is 2.42. The predicted molar refractivity (Wildman–Crippen MR) is 66.1 cm³/mol. The average molecular weight is 216 g/mol.